The zero-order valence-electron chi connectivity index (χ0n) is 11.9. The van der Waals surface area contributed by atoms with Crippen LogP contribution in [0.1, 0.15) is 39.5 Å². The zero-order valence-corrected chi connectivity index (χ0v) is 11.9. The molecule has 2 fully saturated rings. The average molecular weight is 254 g/mol. The first-order valence-electron chi connectivity index (χ1n) is 7.13. The number of methoxy groups -OCH3 is 1. The van der Waals surface area contributed by atoms with E-state index in [1.54, 1.807) is 7.11 Å². The highest BCUT2D eigenvalue weighted by molar-refractivity contribution is 5.86. The van der Waals surface area contributed by atoms with E-state index in [0.29, 0.717) is 25.1 Å². The van der Waals surface area contributed by atoms with E-state index in [4.69, 9.17) is 4.74 Å². The van der Waals surface area contributed by atoms with Gasteiger partial charge in [0.15, 0.2) is 0 Å². The van der Waals surface area contributed by atoms with Crippen molar-refractivity contribution in [3.63, 3.8) is 0 Å². The van der Waals surface area contributed by atoms with Crippen LogP contribution in [0.15, 0.2) is 0 Å². The van der Waals surface area contributed by atoms with Gasteiger partial charge in [-0.3, -0.25) is 4.79 Å². The number of hydrogen-bond donors (Lipinski definition) is 1. The summed E-state index contributed by atoms with van der Waals surface area (Å²) < 4.78 is 5.15. The summed E-state index contributed by atoms with van der Waals surface area (Å²) in [7, 11) is 1.69. The van der Waals surface area contributed by atoms with Gasteiger partial charge in [0.25, 0.3) is 0 Å². The summed E-state index contributed by atoms with van der Waals surface area (Å²) in [6, 6.07) is 0.354. The number of nitrogens with one attached hydrogen (secondary N) is 1. The van der Waals surface area contributed by atoms with Gasteiger partial charge < -0.3 is 15.0 Å². The maximum atomic E-state index is 12.8. The molecule has 18 heavy (non-hydrogen) atoms. The van der Waals surface area contributed by atoms with Gasteiger partial charge in [0, 0.05) is 19.7 Å². The Morgan fingerprint density at radius 3 is 2.78 bits per heavy atom. The molecule has 1 N–H and O–H groups in total. The van der Waals surface area contributed by atoms with Crippen molar-refractivity contribution in [2.45, 2.75) is 51.1 Å². The first-order chi connectivity index (χ1) is 8.58. The molecule has 0 spiro atoms. The summed E-state index contributed by atoms with van der Waals surface area (Å²) >= 11 is 0. The largest absolute Gasteiger partial charge is 0.383 e. The first-order valence-corrected chi connectivity index (χ1v) is 7.13. The van der Waals surface area contributed by atoms with Crippen LogP contribution in [0.2, 0.25) is 0 Å². The van der Waals surface area contributed by atoms with Gasteiger partial charge in [0.05, 0.1) is 12.1 Å². The molecule has 1 amide bonds. The fourth-order valence-corrected chi connectivity index (χ4v) is 2.91. The molecular weight excluding hydrogens is 228 g/mol. The lowest BCUT2D eigenvalue weighted by molar-refractivity contribution is -0.140. The molecule has 0 radical (unpaired) electrons. The third-order valence-electron chi connectivity index (χ3n) is 4.43. The predicted molar refractivity (Wildman–Crippen MR) is 71.4 cm³/mol. The average Bonchev–Trinajstić information content (AvgIpc) is 3.12. The fourth-order valence-electron chi connectivity index (χ4n) is 2.91. The Bertz CT molecular complexity index is 296. The van der Waals surface area contributed by atoms with Crippen molar-refractivity contribution in [2.75, 3.05) is 26.8 Å². The van der Waals surface area contributed by atoms with E-state index < -0.39 is 0 Å². The number of ether oxygens (including phenoxy) is 1. The number of rotatable bonds is 6. The van der Waals surface area contributed by atoms with Gasteiger partial charge in [-0.1, -0.05) is 0 Å². The Morgan fingerprint density at radius 2 is 2.28 bits per heavy atom. The second-order valence-electron chi connectivity index (χ2n) is 5.93. The minimum atomic E-state index is -0.350. The van der Waals surface area contributed by atoms with Gasteiger partial charge >= 0.3 is 0 Å². The van der Waals surface area contributed by atoms with Crippen LogP contribution in [0.5, 0.6) is 0 Å². The topological polar surface area (TPSA) is 41.6 Å². The van der Waals surface area contributed by atoms with Crippen LogP contribution in [0.4, 0.5) is 0 Å². The predicted octanol–water partition coefficient (Wildman–Crippen LogP) is 1.40. The van der Waals surface area contributed by atoms with E-state index in [9.17, 15) is 4.79 Å². The molecule has 2 rings (SSSR count). The molecular formula is C14H26N2O2. The van der Waals surface area contributed by atoms with Crippen molar-refractivity contribution in [3.8, 4) is 0 Å². The van der Waals surface area contributed by atoms with Crippen LogP contribution in [-0.4, -0.2) is 49.2 Å². The van der Waals surface area contributed by atoms with Crippen LogP contribution in [0, 0.1) is 5.92 Å². The van der Waals surface area contributed by atoms with Crippen molar-refractivity contribution < 1.29 is 9.53 Å². The van der Waals surface area contributed by atoms with Gasteiger partial charge in [-0.05, 0) is 52.0 Å². The Hall–Kier alpha value is -0.610. The van der Waals surface area contributed by atoms with Gasteiger partial charge in [0.2, 0.25) is 5.91 Å². The second kappa shape index (κ2) is 5.57. The van der Waals surface area contributed by atoms with Gasteiger partial charge in [-0.25, -0.2) is 0 Å². The molecule has 1 heterocycles. The minimum absolute atomic E-state index is 0.261. The Morgan fingerprint density at radius 1 is 1.56 bits per heavy atom. The molecule has 4 nitrogen and oxygen atoms in total. The maximum absolute atomic E-state index is 12.8. The molecule has 0 aromatic heterocycles. The van der Waals surface area contributed by atoms with Gasteiger partial charge in [0.1, 0.15) is 0 Å². The molecule has 2 aliphatic rings. The van der Waals surface area contributed by atoms with E-state index in [1.807, 2.05) is 11.8 Å². The van der Waals surface area contributed by atoms with Crippen molar-refractivity contribution >= 4 is 5.91 Å². The lowest BCUT2D eigenvalue weighted by Crippen LogP contribution is -2.56. The molecule has 104 valence electrons. The molecule has 1 saturated heterocycles. The minimum Gasteiger partial charge on any atom is -0.383 e. The molecule has 1 aliphatic carbocycles. The summed E-state index contributed by atoms with van der Waals surface area (Å²) in [5, 5.41) is 3.37. The number of carbonyl (C=O) groups excluding carboxylic acids is 1. The summed E-state index contributed by atoms with van der Waals surface area (Å²) in [6.07, 6.45) is 4.58. The third kappa shape index (κ3) is 2.86. The van der Waals surface area contributed by atoms with Crippen molar-refractivity contribution in [2.24, 2.45) is 5.92 Å². The number of nitrogens with zero attached hydrogens (tertiary/aromatic N) is 1. The van der Waals surface area contributed by atoms with Crippen molar-refractivity contribution in [1.82, 2.24) is 10.2 Å². The zero-order chi connectivity index (χ0) is 13.2. The number of hydrogen-bond acceptors (Lipinski definition) is 3. The fraction of sp³-hybridized carbons (Fsp3) is 0.929. The lowest BCUT2D eigenvalue weighted by atomic mass is 9.97. The van der Waals surface area contributed by atoms with E-state index in [0.717, 1.165) is 19.4 Å². The summed E-state index contributed by atoms with van der Waals surface area (Å²) in [5.41, 5.74) is -0.350. The van der Waals surface area contributed by atoms with Crippen LogP contribution >= 0.6 is 0 Å². The quantitative estimate of drug-likeness (QED) is 0.779. The Balaban J connectivity index is 2.04. The number of amides is 1. The van der Waals surface area contributed by atoms with Crippen LogP contribution in [-0.2, 0) is 9.53 Å². The SMILES string of the molecule is COCCN(C(=O)C1(C)CCCN1)C(C)C1CC1. The van der Waals surface area contributed by atoms with Crippen LogP contribution < -0.4 is 5.32 Å². The smallest absolute Gasteiger partial charge is 0.242 e. The molecule has 1 aliphatic heterocycles. The van der Waals surface area contributed by atoms with Gasteiger partial charge in [-0.15, -0.1) is 0 Å². The van der Waals surface area contributed by atoms with Crippen LogP contribution in [0.25, 0.3) is 0 Å². The second-order valence-corrected chi connectivity index (χ2v) is 5.93. The van der Waals surface area contributed by atoms with E-state index >= 15 is 0 Å². The maximum Gasteiger partial charge on any atom is 0.242 e. The monoisotopic (exact) mass is 254 g/mol. The molecule has 1 saturated carbocycles. The highest BCUT2D eigenvalue weighted by Gasteiger charge is 2.42. The molecule has 0 aromatic rings. The highest BCUT2D eigenvalue weighted by Crippen LogP contribution is 2.36. The summed E-state index contributed by atoms with van der Waals surface area (Å²) in [4.78, 5) is 14.8. The van der Waals surface area contributed by atoms with E-state index in [-0.39, 0.29) is 11.4 Å². The van der Waals surface area contributed by atoms with Gasteiger partial charge in [-0.2, -0.15) is 0 Å². The third-order valence-corrected chi connectivity index (χ3v) is 4.43. The van der Waals surface area contributed by atoms with Crippen LogP contribution in [0.3, 0.4) is 0 Å². The molecule has 0 bridgehead atoms. The molecule has 2 unspecified atom stereocenters. The van der Waals surface area contributed by atoms with E-state index in [2.05, 4.69) is 12.2 Å². The first kappa shape index (κ1) is 13.8. The van der Waals surface area contributed by atoms with Crippen molar-refractivity contribution in [1.29, 1.82) is 0 Å². The highest BCUT2D eigenvalue weighted by atomic mass is 16.5. The Kier molecular flexibility index (Phi) is 4.28. The summed E-state index contributed by atoms with van der Waals surface area (Å²) in [5.74, 6) is 0.965. The standard InChI is InChI=1S/C14H26N2O2/c1-11(12-5-6-12)16(9-10-18-3)13(17)14(2)7-4-8-15-14/h11-12,15H,4-10H2,1-3H3. The Labute approximate surface area is 110 Å². The summed E-state index contributed by atoms with van der Waals surface area (Å²) in [6.45, 7) is 6.52. The molecule has 2 atom stereocenters. The van der Waals surface area contributed by atoms with Crippen molar-refractivity contribution in [3.05, 3.63) is 0 Å². The number of carbonyl (C=O) groups is 1. The molecule has 0 aromatic carbocycles. The lowest BCUT2D eigenvalue weighted by Gasteiger charge is -2.36. The normalized spacial score (nSPS) is 29.3. The van der Waals surface area contributed by atoms with E-state index in [1.165, 1.54) is 12.8 Å². The molecule has 4 heteroatoms.